The average molecular weight is 490 g/mol. The van der Waals surface area contributed by atoms with Crippen molar-refractivity contribution < 1.29 is 19.1 Å². The Morgan fingerprint density at radius 2 is 2.12 bits per heavy atom. The first-order chi connectivity index (χ1) is 16.3. The van der Waals surface area contributed by atoms with Gasteiger partial charge in [0.15, 0.2) is 0 Å². The third-order valence-corrected chi connectivity index (χ3v) is 5.69. The summed E-state index contributed by atoms with van der Waals surface area (Å²) in [6.07, 6.45) is 6.86. The van der Waals surface area contributed by atoms with Gasteiger partial charge in [-0.25, -0.2) is 4.98 Å². The van der Waals surface area contributed by atoms with Crippen LogP contribution in [-0.4, -0.2) is 64.5 Å². The second kappa shape index (κ2) is 12.4. The lowest BCUT2D eigenvalue weighted by molar-refractivity contribution is -0.137. The number of nitrogens with one attached hydrogen (secondary N) is 2. The van der Waals surface area contributed by atoms with Crippen molar-refractivity contribution in [2.24, 2.45) is 5.92 Å². The number of benzene rings is 1. The predicted octanol–water partition coefficient (Wildman–Crippen LogP) is 2.50. The molecule has 1 aromatic carbocycles. The molecule has 1 aromatic heterocycles. The van der Waals surface area contributed by atoms with Crippen LogP contribution in [-0.2, 0) is 16.1 Å². The van der Waals surface area contributed by atoms with Gasteiger partial charge in [0.25, 0.3) is 5.91 Å². The summed E-state index contributed by atoms with van der Waals surface area (Å²) in [6, 6.07) is 4.63. The first-order valence-electron chi connectivity index (χ1n) is 11.5. The third-order valence-electron chi connectivity index (χ3n) is 5.45. The van der Waals surface area contributed by atoms with Gasteiger partial charge in [-0.2, -0.15) is 0 Å². The largest absolute Gasteiger partial charge is 0.491 e. The van der Waals surface area contributed by atoms with E-state index in [2.05, 4.69) is 29.5 Å². The lowest BCUT2D eigenvalue weighted by atomic mass is 10.0. The molecular formula is C24H32ClN5O4. The van der Waals surface area contributed by atoms with Crippen LogP contribution in [0.2, 0.25) is 5.02 Å². The molecule has 2 N–H and O–H groups in total. The number of hydrogen-bond donors (Lipinski definition) is 2. The van der Waals surface area contributed by atoms with Gasteiger partial charge < -0.3 is 24.8 Å². The van der Waals surface area contributed by atoms with E-state index in [1.165, 1.54) is 0 Å². The monoisotopic (exact) mass is 489 g/mol. The normalized spacial score (nSPS) is 18.2. The Hall–Kier alpha value is -3.07. The molecule has 2 aromatic rings. The minimum absolute atomic E-state index is 0.0410. The van der Waals surface area contributed by atoms with Crippen LogP contribution < -0.4 is 15.4 Å². The van der Waals surface area contributed by atoms with E-state index in [1.807, 2.05) is 0 Å². The topological polar surface area (TPSA) is 106 Å². The zero-order chi connectivity index (χ0) is 24.5. The van der Waals surface area contributed by atoms with Gasteiger partial charge in [-0.15, -0.1) is 0 Å². The van der Waals surface area contributed by atoms with Crippen molar-refractivity contribution in [3.05, 3.63) is 47.5 Å². The van der Waals surface area contributed by atoms with E-state index in [-0.39, 0.29) is 43.5 Å². The molecule has 3 amide bonds. The molecule has 1 aliphatic heterocycles. The summed E-state index contributed by atoms with van der Waals surface area (Å²) < 4.78 is 7.64. The quantitative estimate of drug-likeness (QED) is 0.686. The van der Waals surface area contributed by atoms with Crippen LogP contribution in [0, 0.1) is 5.92 Å². The standard InChI is InChI=1S/C24H32ClN5O4/c1-17(2)11-19-15-34-21-6-5-18(25)12-20(21)24(33)27-7-3-4-9-30(13-22(31)28-19)23(32)14-29-10-8-26-16-29/h5-6,8,10,12,16-17,19H,3-4,7,9,11,13-15H2,1-2H3,(H,27,33)(H,28,31)/t19-/m0/s1. The number of amides is 3. The molecule has 2 heterocycles. The molecule has 0 saturated heterocycles. The number of carbonyl (C=O) groups excluding carboxylic acids is 3. The number of aromatic nitrogens is 2. The van der Waals surface area contributed by atoms with Crippen LogP contribution in [0.5, 0.6) is 5.75 Å². The number of nitrogens with zero attached hydrogens (tertiary/aromatic N) is 3. The molecule has 0 aliphatic carbocycles. The second-order valence-electron chi connectivity index (χ2n) is 8.86. The Bertz CT molecular complexity index is 980. The number of ether oxygens (including phenoxy) is 1. The van der Waals surface area contributed by atoms with Gasteiger partial charge in [-0.1, -0.05) is 25.4 Å². The summed E-state index contributed by atoms with van der Waals surface area (Å²) in [6.45, 7) is 5.21. The smallest absolute Gasteiger partial charge is 0.255 e. The zero-order valence-electron chi connectivity index (χ0n) is 19.6. The van der Waals surface area contributed by atoms with Crippen molar-refractivity contribution >= 4 is 29.3 Å². The Morgan fingerprint density at radius 1 is 1.29 bits per heavy atom. The van der Waals surface area contributed by atoms with Gasteiger partial charge in [-0.05, 0) is 43.4 Å². The van der Waals surface area contributed by atoms with Crippen molar-refractivity contribution in [1.82, 2.24) is 25.1 Å². The fraction of sp³-hybridized carbons (Fsp3) is 0.500. The van der Waals surface area contributed by atoms with Crippen LogP contribution in [0.1, 0.15) is 43.5 Å². The molecule has 0 radical (unpaired) electrons. The molecule has 0 unspecified atom stereocenters. The molecule has 0 saturated carbocycles. The van der Waals surface area contributed by atoms with E-state index in [4.69, 9.17) is 16.3 Å². The lowest BCUT2D eigenvalue weighted by Crippen LogP contribution is -2.47. The number of imidazole rings is 1. The number of hydrogen-bond acceptors (Lipinski definition) is 5. The fourth-order valence-electron chi connectivity index (χ4n) is 3.83. The molecule has 0 bridgehead atoms. The molecule has 9 nitrogen and oxygen atoms in total. The highest BCUT2D eigenvalue weighted by molar-refractivity contribution is 6.31. The zero-order valence-corrected chi connectivity index (χ0v) is 20.4. The molecule has 3 rings (SSSR count). The van der Waals surface area contributed by atoms with Gasteiger partial charge in [-0.3, -0.25) is 14.4 Å². The lowest BCUT2D eigenvalue weighted by Gasteiger charge is -2.25. The maximum Gasteiger partial charge on any atom is 0.255 e. The van der Waals surface area contributed by atoms with Crippen molar-refractivity contribution in [1.29, 1.82) is 0 Å². The minimum atomic E-state index is -0.283. The predicted molar refractivity (Wildman–Crippen MR) is 129 cm³/mol. The van der Waals surface area contributed by atoms with E-state index in [0.717, 1.165) is 0 Å². The van der Waals surface area contributed by atoms with E-state index in [9.17, 15) is 14.4 Å². The SMILES string of the molecule is CC(C)C[C@H]1COc2ccc(Cl)cc2C(=O)NCCCCN(C(=O)Cn2ccnc2)CC(=O)N1. The number of fused-ring (bicyclic) bond motifs is 1. The highest BCUT2D eigenvalue weighted by atomic mass is 35.5. The number of halogens is 1. The number of rotatable bonds is 4. The summed E-state index contributed by atoms with van der Waals surface area (Å²) in [5.74, 6) is 0.0403. The minimum Gasteiger partial charge on any atom is -0.491 e. The van der Waals surface area contributed by atoms with E-state index >= 15 is 0 Å². The van der Waals surface area contributed by atoms with Crippen molar-refractivity contribution in [2.45, 2.75) is 45.7 Å². The van der Waals surface area contributed by atoms with E-state index in [1.54, 1.807) is 46.4 Å². The molecular weight excluding hydrogens is 458 g/mol. The highest BCUT2D eigenvalue weighted by Crippen LogP contribution is 2.23. The third kappa shape index (κ3) is 7.76. The Labute approximate surface area is 204 Å². The Kier molecular flexibility index (Phi) is 9.33. The van der Waals surface area contributed by atoms with Gasteiger partial charge in [0.1, 0.15) is 18.9 Å². The van der Waals surface area contributed by atoms with Crippen LogP contribution in [0.4, 0.5) is 0 Å². The number of carbonyl (C=O) groups is 3. The van der Waals surface area contributed by atoms with Crippen LogP contribution in [0.15, 0.2) is 36.9 Å². The summed E-state index contributed by atoms with van der Waals surface area (Å²) in [5, 5.41) is 6.34. The molecule has 1 atom stereocenters. The molecule has 0 fully saturated rings. The Balaban J connectivity index is 1.78. The Morgan fingerprint density at radius 3 is 2.85 bits per heavy atom. The summed E-state index contributed by atoms with van der Waals surface area (Å²) in [7, 11) is 0. The van der Waals surface area contributed by atoms with Crippen LogP contribution in [0.25, 0.3) is 0 Å². The molecule has 34 heavy (non-hydrogen) atoms. The van der Waals surface area contributed by atoms with Crippen molar-refractivity contribution in [2.75, 3.05) is 26.2 Å². The van der Waals surface area contributed by atoms with Crippen LogP contribution in [0.3, 0.4) is 0 Å². The van der Waals surface area contributed by atoms with E-state index < -0.39 is 0 Å². The van der Waals surface area contributed by atoms with Gasteiger partial charge in [0, 0.05) is 30.5 Å². The van der Waals surface area contributed by atoms with Crippen molar-refractivity contribution in [3.8, 4) is 5.75 Å². The molecule has 0 spiro atoms. The first-order valence-corrected chi connectivity index (χ1v) is 11.9. The first kappa shape index (κ1) is 25.6. The van der Waals surface area contributed by atoms with Crippen molar-refractivity contribution in [3.63, 3.8) is 0 Å². The van der Waals surface area contributed by atoms with E-state index in [0.29, 0.717) is 54.6 Å². The summed E-state index contributed by atoms with van der Waals surface area (Å²) in [5.41, 5.74) is 0.356. The van der Waals surface area contributed by atoms with Crippen LogP contribution >= 0.6 is 11.6 Å². The van der Waals surface area contributed by atoms with Gasteiger partial charge in [0.2, 0.25) is 11.8 Å². The average Bonchev–Trinajstić information content (AvgIpc) is 3.28. The maximum absolute atomic E-state index is 12.9. The molecule has 1 aliphatic rings. The molecule has 10 heteroatoms. The fourth-order valence-corrected chi connectivity index (χ4v) is 4.01. The van der Waals surface area contributed by atoms with Gasteiger partial charge in [0.05, 0.1) is 24.5 Å². The summed E-state index contributed by atoms with van der Waals surface area (Å²) >= 11 is 6.11. The van der Waals surface area contributed by atoms with Gasteiger partial charge >= 0.3 is 0 Å². The highest BCUT2D eigenvalue weighted by Gasteiger charge is 2.22. The second-order valence-corrected chi connectivity index (χ2v) is 9.30. The summed E-state index contributed by atoms with van der Waals surface area (Å²) in [4.78, 5) is 44.1. The maximum atomic E-state index is 12.9. The molecule has 184 valence electrons.